The number of aliphatic hydroxyl groups is 1. The zero-order valence-corrected chi connectivity index (χ0v) is 15.2. The number of carbonyl (C=O) groups is 2. The second kappa shape index (κ2) is 10.6. The van der Waals surface area contributed by atoms with Crippen LogP contribution in [0.1, 0.15) is 64.7 Å². The van der Waals surface area contributed by atoms with Gasteiger partial charge in [-0.05, 0) is 6.42 Å². The first-order chi connectivity index (χ1) is 10.6. The molecular formula is C17H34N2O4. The van der Waals surface area contributed by atoms with Crippen molar-refractivity contribution in [2.45, 2.75) is 70.4 Å². The number of carbonyl (C=O) groups excluding carboxylic acids is 2. The Hall–Kier alpha value is -1.14. The third kappa shape index (κ3) is 13.0. The van der Waals surface area contributed by atoms with Crippen LogP contribution in [0.25, 0.3) is 0 Å². The molecule has 0 aromatic carbocycles. The molecule has 0 aromatic heterocycles. The number of hydrogen-bond donors (Lipinski definition) is 2. The van der Waals surface area contributed by atoms with Crippen LogP contribution in [0.5, 0.6) is 0 Å². The molecule has 6 nitrogen and oxygen atoms in total. The number of aliphatic carboxylic acids is 1. The number of likely N-dealkylation sites (N-methyl/N-ethyl adjacent to an activating group) is 1. The van der Waals surface area contributed by atoms with Crippen LogP contribution in [-0.4, -0.2) is 54.9 Å². The first kappa shape index (κ1) is 21.9. The van der Waals surface area contributed by atoms with Crippen molar-refractivity contribution in [2.75, 3.05) is 27.7 Å². The van der Waals surface area contributed by atoms with Gasteiger partial charge in [-0.2, -0.15) is 0 Å². The topological polar surface area (TPSA) is 89.5 Å². The van der Waals surface area contributed by atoms with E-state index in [0.29, 0.717) is 10.9 Å². The summed E-state index contributed by atoms with van der Waals surface area (Å²) in [5, 5.41) is 23.7. The molecule has 0 aliphatic carbocycles. The van der Waals surface area contributed by atoms with Crippen LogP contribution in [-0.2, 0) is 9.59 Å². The standard InChI is InChI=1S/C17H34N2O4/c1-5-6-7-8-9-10-11-12-15(20)18-17(23,13-16(21)22)14-19(2,3)4/h23H,5-14H2,1-4H3,(H-,18,20,21,22). The first-order valence-corrected chi connectivity index (χ1v) is 8.62. The molecule has 0 heterocycles. The van der Waals surface area contributed by atoms with E-state index >= 15 is 0 Å². The molecule has 0 fully saturated rings. The van der Waals surface area contributed by atoms with Gasteiger partial charge >= 0.3 is 0 Å². The van der Waals surface area contributed by atoms with Gasteiger partial charge in [0.05, 0.1) is 21.1 Å². The number of amides is 1. The summed E-state index contributed by atoms with van der Waals surface area (Å²) >= 11 is 0. The number of quaternary nitrogens is 1. The van der Waals surface area contributed by atoms with Crippen molar-refractivity contribution in [3.63, 3.8) is 0 Å². The highest BCUT2D eigenvalue weighted by atomic mass is 16.4. The molecule has 0 radical (unpaired) electrons. The van der Waals surface area contributed by atoms with Gasteiger partial charge in [0, 0.05) is 18.8 Å². The highest BCUT2D eigenvalue weighted by Gasteiger charge is 2.35. The number of carboxylic acid groups (broad SMARTS) is 1. The Kier molecular flexibility index (Phi) is 10.1. The van der Waals surface area contributed by atoms with Gasteiger partial charge in [0.15, 0.2) is 5.72 Å². The lowest BCUT2D eigenvalue weighted by molar-refractivity contribution is -0.877. The molecule has 0 aliphatic heterocycles. The van der Waals surface area contributed by atoms with Crippen molar-refractivity contribution in [2.24, 2.45) is 0 Å². The van der Waals surface area contributed by atoms with Crippen LogP contribution in [0.3, 0.4) is 0 Å². The van der Waals surface area contributed by atoms with E-state index in [4.69, 9.17) is 0 Å². The molecule has 0 saturated carbocycles. The van der Waals surface area contributed by atoms with Gasteiger partial charge in [-0.1, -0.05) is 45.4 Å². The number of nitrogens with zero attached hydrogens (tertiary/aromatic N) is 1. The Morgan fingerprint density at radius 1 is 1.04 bits per heavy atom. The molecule has 6 heteroatoms. The molecule has 0 bridgehead atoms. The molecule has 23 heavy (non-hydrogen) atoms. The van der Waals surface area contributed by atoms with E-state index in [9.17, 15) is 19.8 Å². The molecule has 0 aliphatic rings. The summed E-state index contributed by atoms with van der Waals surface area (Å²) < 4.78 is 0.335. The quantitative estimate of drug-likeness (QED) is 0.297. The highest BCUT2D eigenvalue weighted by Crippen LogP contribution is 2.13. The van der Waals surface area contributed by atoms with Crippen molar-refractivity contribution < 1.29 is 24.3 Å². The average Bonchev–Trinajstić information content (AvgIpc) is 2.33. The summed E-state index contributed by atoms with van der Waals surface area (Å²) in [6.45, 7) is 2.28. The molecule has 0 spiro atoms. The number of carboxylic acids is 1. The summed E-state index contributed by atoms with van der Waals surface area (Å²) in [5.74, 6) is -1.69. The summed E-state index contributed by atoms with van der Waals surface area (Å²) in [6, 6.07) is 0. The Bertz CT molecular complexity index is 366. The molecule has 136 valence electrons. The van der Waals surface area contributed by atoms with Gasteiger partial charge in [0.25, 0.3) is 0 Å². The molecule has 1 atom stereocenters. The van der Waals surface area contributed by atoms with Crippen LogP contribution in [0.2, 0.25) is 0 Å². The van der Waals surface area contributed by atoms with E-state index in [-0.39, 0.29) is 12.5 Å². The van der Waals surface area contributed by atoms with E-state index in [0.717, 1.165) is 19.3 Å². The summed E-state index contributed by atoms with van der Waals surface area (Å²) in [4.78, 5) is 22.8. The second-order valence-corrected chi connectivity index (χ2v) is 7.45. The van der Waals surface area contributed by atoms with Crippen molar-refractivity contribution in [1.82, 2.24) is 5.32 Å². The third-order valence-electron chi connectivity index (χ3n) is 3.55. The molecule has 1 unspecified atom stereocenters. The lowest BCUT2D eigenvalue weighted by atomic mass is 10.1. The zero-order valence-electron chi connectivity index (χ0n) is 15.2. The minimum atomic E-state index is -1.77. The summed E-state index contributed by atoms with van der Waals surface area (Å²) in [5.41, 5.74) is -1.77. The van der Waals surface area contributed by atoms with Crippen molar-refractivity contribution in [3.8, 4) is 0 Å². The number of rotatable bonds is 13. The fraction of sp³-hybridized carbons (Fsp3) is 0.882. The fourth-order valence-corrected chi connectivity index (χ4v) is 2.73. The highest BCUT2D eigenvalue weighted by molar-refractivity contribution is 5.77. The maximum absolute atomic E-state index is 12.0. The van der Waals surface area contributed by atoms with Crippen molar-refractivity contribution >= 4 is 11.9 Å². The predicted molar refractivity (Wildman–Crippen MR) is 88.2 cm³/mol. The number of nitrogens with one attached hydrogen (secondary N) is 1. The van der Waals surface area contributed by atoms with Gasteiger partial charge < -0.3 is 24.8 Å². The smallest absolute Gasteiger partial charge is 0.222 e. The van der Waals surface area contributed by atoms with Gasteiger partial charge in [-0.15, -0.1) is 0 Å². The van der Waals surface area contributed by atoms with Crippen LogP contribution in [0.4, 0.5) is 0 Å². The van der Waals surface area contributed by atoms with Crippen LogP contribution in [0.15, 0.2) is 0 Å². The molecule has 0 aromatic rings. The van der Waals surface area contributed by atoms with E-state index in [1.807, 2.05) is 21.1 Å². The monoisotopic (exact) mass is 330 g/mol. The molecule has 1 amide bonds. The summed E-state index contributed by atoms with van der Waals surface area (Å²) in [7, 11) is 5.47. The van der Waals surface area contributed by atoms with Gasteiger partial charge in [0.2, 0.25) is 5.91 Å². The maximum Gasteiger partial charge on any atom is 0.222 e. The SMILES string of the molecule is CCCCCCCCCC(=O)NC(O)(CC(=O)[O-])C[N+](C)(C)C. The van der Waals surface area contributed by atoms with Crippen LogP contribution in [0, 0.1) is 0 Å². The molecule has 0 rings (SSSR count). The lowest BCUT2D eigenvalue weighted by Crippen LogP contribution is -2.60. The van der Waals surface area contributed by atoms with Crippen LogP contribution < -0.4 is 10.4 Å². The predicted octanol–water partition coefficient (Wildman–Crippen LogP) is 0.778. The van der Waals surface area contributed by atoms with E-state index in [1.165, 1.54) is 25.7 Å². The Morgan fingerprint density at radius 2 is 1.57 bits per heavy atom. The van der Waals surface area contributed by atoms with Crippen LogP contribution >= 0.6 is 0 Å². The Balaban J connectivity index is 4.21. The third-order valence-corrected chi connectivity index (χ3v) is 3.55. The van der Waals surface area contributed by atoms with E-state index in [1.54, 1.807) is 0 Å². The number of unbranched alkanes of at least 4 members (excludes halogenated alkanes) is 6. The first-order valence-electron chi connectivity index (χ1n) is 8.62. The van der Waals surface area contributed by atoms with Gasteiger partial charge in [-0.25, -0.2) is 0 Å². The van der Waals surface area contributed by atoms with E-state index < -0.39 is 18.1 Å². The lowest BCUT2D eigenvalue weighted by Gasteiger charge is -2.36. The largest absolute Gasteiger partial charge is 0.550 e. The second-order valence-electron chi connectivity index (χ2n) is 7.45. The Morgan fingerprint density at radius 3 is 2.04 bits per heavy atom. The fourth-order valence-electron chi connectivity index (χ4n) is 2.73. The zero-order chi connectivity index (χ0) is 17.9. The molecular weight excluding hydrogens is 296 g/mol. The number of hydrogen-bond acceptors (Lipinski definition) is 4. The normalized spacial score (nSPS) is 14.3. The summed E-state index contributed by atoms with van der Waals surface area (Å²) in [6.07, 6.45) is 7.42. The minimum absolute atomic E-state index is 0.101. The average molecular weight is 330 g/mol. The van der Waals surface area contributed by atoms with E-state index in [2.05, 4.69) is 12.2 Å². The molecule has 0 saturated heterocycles. The van der Waals surface area contributed by atoms with Crippen molar-refractivity contribution in [1.29, 1.82) is 0 Å². The van der Waals surface area contributed by atoms with Gasteiger partial charge in [0.1, 0.15) is 6.54 Å². The van der Waals surface area contributed by atoms with Gasteiger partial charge in [-0.3, -0.25) is 4.79 Å². The minimum Gasteiger partial charge on any atom is -0.550 e. The molecule has 2 N–H and O–H groups in total. The van der Waals surface area contributed by atoms with Crippen molar-refractivity contribution in [3.05, 3.63) is 0 Å². The Labute approximate surface area is 140 Å². The maximum atomic E-state index is 12.0.